The SMILES string of the molecule is COC(=O)/C=C/c1cccc(N(CC2CCC(c3ccc(N(C)C)cc3)CC2C)C(=O)C2CCC(OCCN(C)C)CC2)c1. The Balaban J connectivity index is 1.47. The molecule has 3 unspecified atom stereocenters. The molecule has 3 atom stereocenters. The first-order chi connectivity index (χ1) is 21.1. The third-order valence-corrected chi connectivity index (χ3v) is 9.62. The molecule has 0 spiro atoms. The van der Waals surface area contributed by atoms with Gasteiger partial charge in [-0.2, -0.15) is 0 Å². The average molecular weight is 604 g/mol. The van der Waals surface area contributed by atoms with Crippen molar-refractivity contribution in [3.8, 4) is 0 Å². The number of amides is 1. The highest BCUT2D eigenvalue weighted by Gasteiger charge is 2.35. The van der Waals surface area contributed by atoms with Gasteiger partial charge in [0.15, 0.2) is 0 Å². The van der Waals surface area contributed by atoms with Gasteiger partial charge in [-0.05, 0) is 118 Å². The van der Waals surface area contributed by atoms with Gasteiger partial charge in [-0.25, -0.2) is 4.79 Å². The molecule has 2 aromatic carbocycles. The number of hydrogen-bond acceptors (Lipinski definition) is 6. The normalized spacial score (nSPS) is 23.9. The summed E-state index contributed by atoms with van der Waals surface area (Å²) in [6.45, 7) is 4.72. The monoisotopic (exact) mass is 603 g/mol. The second-order valence-electron chi connectivity index (χ2n) is 13.3. The van der Waals surface area contributed by atoms with Gasteiger partial charge >= 0.3 is 5.97 Å². The molecule has 240 valence electrons. The summed E-state index contributed by atoms with van der Waals surface area (Å²) in [6, 6.07) is 17.0. The van der Waals surface area contributed by atoms with Crippen LogP contribution in [-0.4, -0.2) is 77.9 Å². The van der Waals surface area contributed by atoms with E-state index in [9.17, 15) is 9.59 Å². The van der Waals surface area contributed by atoms with E-state index in [4.69, 9.17) is 9.47 Å². The van der Waals surface area contributed by atoms with Crippen molar-refractivity contribution in [2.75, 3.05) is 64.8 Å². The van der Waals surface area contributed by atoms with E-state index in [1.54, 1.807) is 6.08 Å². The maximum Gasteiger partial charge on any atom is 0.330 e. The van der Waals surface area contributed by atoms with Crippen molar-refractivity contribution in [1.82, 2.24) is 4.90 Å². The number of hydrogen-bond donors (Lipinski definition) is 0. The maximum absolute atomic E-state index is 14.3. The van der Waals surface area contributed by atoms with Crippen LogP contribution in [0.2, 0.25) is 0 Å². The van der Waals surface area contributed by atoms with Crippen molar-refractivity contribution >= 4 is 29.3 Å². The molecule has 0 bridgehead atoms. The van der Waals surface area contributed by atoms with Crippen LogP contribution in [0.25, 0.3) is 6.08 Å². The van der Waals surface area contributed by atoms with Crippen molar-refractivity contribution in [1.29, 1.82) is 0 Å². The number of anilines is 2. The molecule has 2 aliphatic rings. The highest BCUT2D eigenvalue weighted by atomic mass is 16.5. The molecular formula is C37H53N3O4. The molecule has 0 saturated heterocycles. The van der Waals surface area contributed by atoms with Gasteiger partial charge in [-0.15, -0.1) is 0 Å². The van der Waals surface area contributed by atoms with E-state index in [2.05, 4.69) is 74.1 Å². The minimum absolute atomic E-state index is 0.000164. The molecule has 7 heteroatoms. The van der Waals surface area contributed by atoms with E-state index < -0.39 is 5.97 Å². The number of esters is 1. The number of methoxy groups -OCH3 is 1. The third kappa shape index (κ3) is 9.42. The second-order valence-corrected chi connectivity index (χ2v) is 13.3. The lowest BCUT2D eigenvalue weighted by Crippen LogP contribution is -2.43. The van der Waals surface area contributed by atoms with Crippen molar-refractivity contribution < 1.29 is 19.1 Å². The molecule has 2 aromatic rings. The number of likely N-dealkylation sites (N-methyl/N-ethyl adjacent to an activating group) is 1. The molecule has 0 aromatic heterocycles. The minimum Gasteiger partial charge on any atom is -0.466 e. The predicted octanol–water partition coefficient (Wildman–Crippen LogP) is 6.63. The van der Waals surface area contributed by atoms with Gasteiger partial charge in [0.1, 0.15) is 0 Å². The van der Waals surface area contributed by atoms with Gasteiger partial charge in [0, 0.05) is 50.6 Å². The van der Waals surface area contributed by atoms with Crippen LogP contribution in [0.4, 0.5) is 11.4 Å². The Labute approximate surface area is 265 Å². The van der Waals surface area contributed by atoms with Crippen LogP contribution in [0.15, 0.2) is 54.6 Å². The molecule has 2 aliphatic carbocycles. The van der Waals surface area contributed by atoms with Crippen LogP contribution >= 0.6 is 0 Å². The molecule has 1 amide bonds. The van der Waals surface area contributed by atoms with Gasteiger partial charge in [0.05, 0.1) is 19.8 Å². The minimum atomic E-state index is -0.394. The smallest absolute Gasteiger partial charge is 0.330 e. The van der Waals surface area contributed by atoms with E-state index in [1.807, 2.05) is 24.3 Å². The number of benzene rings is 2. The fourth-order valence-corrected chi connectivity index (χ4v) is 6.76. The molecular weight excluding hydrogens is 550 g/mol. The number of rotatable bonds is 12. The summed E-state index contributed by atoms with van der Waals surface area (Å²) in [7, 11) is 9.64. The Morgan fingerprint density at radius 1 is 0.909 bits per heavy atom. The van der Waals surface area contributed by atoms with E-state index in [-0.39, 0.29) is 17.9 Å². The molecule has 2 fully saturated rings. The maximum atomic E-state index is 14.3. The van der Waals surface area contributed by atoms with Gasteiger partial charge in [-0.3, -0.25) is 4.79 Å². The summed E-state index contributed by atoms with van der Waals surface area (Å²) >= 11 is 0. The highest BCUT2D eigenvalue weighted by Crippen LogP contribution is 2.41. The van der Waals surface area contributed by atoms with E-state index in [0.29, 0.717) is 17.8 Å². The average Bonchev–Trinajstić information content (AvgIpc) is 3.03. The fourth-order valence-electron chi connectivity index (χ4n) is 6.76. The quantitative estimate of drug-likeness (QED) is 0.201. The Kier molecular flexibility index (Phi) is 12.4. The van der Waals surface area contributed by atoms with Crippen LogP contribution in [-0.2, 0) is 19.1 Å². The zero-order valence-corrected chi connectivity index (χ0v) is 27.7. The first-order valence-electron chi connectivity index (χ1n) is 16.4. The topological polar surface area (TPSA) is 62.3 Å². The Morgan fingerprint density at radius 3 is 2.27 bits per heavy atom. The van der Waals surface area contributed by atoms with E-state index >= 15 is 0 Å². The lowest BCUT2D eigenvalue weighted by Gasteiger charge is -2.39. The summed E-state index contributed by atoms with van der Waals surface area (Å²) in [5.74, 6) is 1.31. The van der Waals surface area contributed by atoms with Crippen LogP contribution in [0.3, 0.4) is 0 Å². The van der Waals surface area contributed by atoms with Crippen molar-refractivity contribution in [3.05, 3.63) is 65.7 Å². The standard InChI is InChI=1S/C37H53N3O4/c1-27-24-31(29-13-17-33(18-14-29)39(4)5)11-12-32(27)26-40(34-9-7-8-28(25-34)10-21-36(41)43-6)37(42)30-15-19-35(20-16-30)44-23-22-38(2)3/h7-10,13-14,17-18,21,25,27,30-32,35H,11-12,15-16,19-20,22-24,26H2,1-6H3/b21-10+. The number of ether oxygens (including phenoxy) is 2. The zero-order chi connectivity index (χ0) is 31.6. The number of carbonyl (C=O) groups is 2. The second kappa shape index (κ2) is 16.2. The van der Waals surface area contributed by atoms with Crippen molar-refractivity contribution in [2.24, 2.45) is 17.8 Å². The number of nitrogens with zero attached hydrogens (tertiary/aromatic N) is 3. The first kappa shape index (κ1) is 33.7. The third-order valence-electron chi connectivity index (χ3n) is 9.62. The molecule has 7 nitrogen and oxygen atoms in total. The summed E-state index contributed by atoms with van der Waals surface area (Å²) in [6.07, 6.45) is 10.3. The number of carbonyl (C=O) groups excluding carboxylic acids is 2. The molecule has 44 heavy (non-hydrogen) atoms. The fraction of sp³-hybridized carbons (Fsp3) is 0.568. The van der Waals surface area contributed by atoms with E-state index in [0.717, 1.165) is 75.9 Å². The van der Waals surface area contributed by atoms with Crippen LogP contribution in [0, 0.1) is 17.8 Å². The predicted molar refractivity (Wildman–Crippen MR) is 180 cm³/mol. The lowest BCUT2D eigenvalue weighted by atomic mass is 9.72. The summed E-state index contributed by atoms with van der Waals surface area (Å²) in [5.41, 5.74) is 4.42. The van der Waals surface area contributed by atoms with Gasteiger partial charge < -0.3 is 24.2 Å². The molecule has 0 heterocycles. The summed E-state index contributed by atoms with van der Waals surface area (Å²) in [5, 5.41) is 0. The summed E-state index contributed by atoms with van der Waals surface area (Å²) in [4.78, 5) is 32.3. The Bertz CT molecular complexity index is 1230. The summed E-state index contributed by atoms with van der Waals surface area (Å²) < 4.78 is 10.9. The van der Waals surface area contributed by atoms with Gasteiger partial charge in [0.2, 0.25) is 5.91 Å². The lowest BCUT2D eigenvalue weighted by molar-refractivity contribution is -0.134. The molecule has 0 aliphatic heterocycles. The zero-order valence-electron chi connectivity index (χ0n) is 27.7. The van der Waals surface area contributed by atoms with Gasteiger partial charge in [0.25, 0.3) is 0 Å². The van der Waals surface area contributed by atoms with Crippen LogP contribution in [0.1, 0.15) is 68.9 Å². The van der Waals surface area contributed by atoms with E-state index in [1.165, 1.54) is 24.4 Å². The molecule has 0 radical (unpaired) electrons. The largest absolute Gasteiger partial charge is 0.466 e. The van der Waals surface area contributed by atoms with Gasteiger partial charge in [-0.1, -0.05) is 31.2 Å². The Hall–Kier alpha value is -3.16. The molecule has 2 saturated carbocycles. The van der Waals surface area contributed by atoms with Crippen molar-refractivity contribution in [2.45, 2.75) is 63.9 Å². The van der Waals surface area contributed by atoms with Crippen molar-refractivity contribution in [3.63, 3.8) is 0 Å². The van der Waals surface area contributed by atoms with Crippen LogP contribution in [0.5, 0.6) is 0 Å². The Morgan fingerprint density at radius 2 is 1.64 bits per heavy atom. The van der Waals surface area contributed by atoms with Crippen LogP contribution < -0.4 is 9.80 Å². The molecule has 0 N–H and O–H groups in total. The first-order valence-corrected chi connectivity index (χ1v) is 16.4. The highest BCUT2D eigenvalue weighted by molar-refractivity contribution is 5.95. The molecule has 4 rings (SSSR count).